The van der Waals surface area contributed by atoms with Crippen LogP contribution in [0.25, 0.3) is 22.0 Å². The number of anilines is 3. The van der Waals surface area contributed by atoms with Crippen molar-refractivity contribution in [1.29, 1.82) is 0 Å². The van der Waals surface area contributed by atoms with Crippen molar-refractivity contribution in [2.75, 3.05) is 42.5 Å². The van der Waals surface area contributed by atoms with Crippen molar-refractivity contribution in [1.82, 2.24) is 24.8 Å². The van der Waals surface area contributed by atoms with Gasteiger partial charge in [0.05, 0.1) is 24.5 Å². The molecule has 5 aromatic rings. The van der Waals surface area contributed by atoms with Crippen molar-refractivity contribution in [2.45, 2.75) is 11.9 Å². The zero-order chi connectivity index (χ0) is 33.8. The van der Waals surface area contributed by atoms with E-state index in [1.54, 1.807) is 47.5 Å². The van der Waals surface area contributed by atoms with E-state index in [4.69, 9.17) is 4.74 Å². The lowest BCUT2D eigenvalue weighted by atomic mass is 10.0. The van der Waals surface area contributed by atoms with Gasteiger partial charge in [0, 0.05) is 49.4 Å². The summed E-state index contributed by atoms with van der Waals surface area (Å²) in [6, 6.07) is 17.8. The second-order valence-electron chi connectivity index (χ2n) is 10.9. The fourth-order valence-electron chi connectivity index (χ4n) is 5.39. The number of benzene rings is 2. The second kappa shape index (κ2) is 13.5. The van der Waals surface area contributed by atoms with Crippen molar-refractivity contribution in [3.63, 3.8) is 0 Å². The number of carbonyl (C=O) groups excluding carboxylic acids is 2. The standard InChI is InChI=1S/C34H30FN7O5S/c1-23(43)8-13-32(44)40-14-16-41(17-15-40)33-28-18-24(9-11-29(28)38-22-39-33)25-19-30(34(47-2)37-20-25)42(27-6-4-3-5-7-27)48(45,46)31-12-10-26(35)21-36-31/h3-13,18-22H,14-17H2,1-2H3/b13-8+. The highest BCUT2D eigenvalue weighted by atomic mass is 32.2. The van der Waals surface area contributed by atoms with Crippen LogP contribution in [0.5, 0.6) is 5.88 Å². The van der Waals surface area contributed by atoms with Crippen LogP contribution in [0.15, 0.2) is 103 Å². The van der Waals surface area contributed by atoms with E-state index < -0.39 is 15.8 Å². The molecule has 2 aromatic carbocycles. The summed E-state index contributed by atoms with van der Waals surface area (Å²) >= 11 is 0. The number of hydrogen-bond acceptors (Lipinski definition) is 10. The summed E-state index contributed by atoms with van der Waals surface area (Å²) in [5.41, 5.74) is 2.41. The molecule has 0 N–H and O–H groups in total. The maximum atomic E-state index is 14.1. The monoisotopic (exact) mass is 667 g/mol. The minimum atomic E-state index is -4.37. The number of amides is 1. The number of sulfonamides is 1. The minimum Gasteiger partial charge on any atom is -0.479 e. The van der Waals surface area contributed by atoms with Gasteiger partial charge in [0.25, 0.3) is 10.0 Å². The molecule has 1 fully saturated rings. The number of fused-ring (bicyclic) bond motifs is 1. The number of methoxy groups -OCH3 is 1. The van der Waals surface area contributed by atoms with Crippen LogP contribution in [-0.2, 0) is 19.6 Å². The van der Waals surface area contributed by atoms with E-state index in [2.05, 4.69) is 24.8 Å². The lowest BCUT2D eigenvalue weighted by Gasteiger charge is -2.35. The molecule has 1 saturated heterocycles. The lowest BCUT2D eigenvalue weighted by molar-refractivity contribution is -0.126. The van der Waals surface area contributed by atoms with Gasteiger partial charge in [-0.2, -0.15) is 8.42 Å². The highest BCUT2D eigenvalue weighted by Crippen LogP contribution is 2.40. The van der Waals surface area contributed by atoms with Gasteiger partial charge in [-0.25, -0.2) is 28.6 Å². The Morgan fingerprint density at radius 2 is 1.65 bits per heavy atom. The molecule has 6 rings (SSSR count). The van der Waals surface area contributed by atoms with Gasteiger partial charge in [-0.15, -0.1) is 0 Å². The largest absolute Gasteiger partial charge is 0.479 e. The van der Waals surface area contributed by atoms with Gasteiger partial charge in [-0.1, -0.05) is 24.3 Å². The third-order valence-corrected chi connectivity index (χ3v) is 9.40. The quantitative estimate of drug-likeness (QED) is 0.206. The number of carbonyl (C=O) groups is 2. The predicted molar refractivity (Wildman–Crippen MR) is 178 cm³/mol. The molecule has 0 radical (unpaired) electrons. The third-order valence-electron chi connectivity index (χ3n) is 7.74. The maximum absolute atomic E-state index is 14.1. The first kappa shape index (κ1) is 32.2. The zero-order valence-corrected chi connectivity index (χ0v) is 26.8. The van der Waals surface area contributed by atoms with E-state index >= 15 is 0 Å². The molecule has 0 spiro atoms. The Labute approximate surface area is 276 Å². The van der Waals surface area contributed by atoms with Crippen molar-refractivity contribution < 1.29 is 27.1 Å². The van der Waals surface area contributed by atoms with Crippen LogP contribution in [0, 0.1) is 5.82 Å². The van der Waals surface area contributed by atoms with Crippen LogP contribution in [0.4, 0.5) is 21.6 Å². The molecule has 0 atom stereocenters. The summed E-state index contributed by atoms with van der Waals surface area (Å²) < 4.78 is 48.5. The molecular weight excluding hydrogens is 637 g/mol. The number of halogens is 1. The molecule has 1 aliphatic rings. The lowest BCUT2D eigenvalue weighted by Crippen LogP contribution is -2.48. The molecule has 0 aliphatic carbocycles. The van der Waals surface area contributed by atoms with E-state index in [0.29, 0.717) is 54.3 Å². The molecule has 1 aliphatic heterocycles. The summed E-state index contributed by atoms with van der Waals surface area (Å²) in [6.07, 6.45) is 6.48. The van der Waals surface area contributed by atoms with Crippen LogP contribution in [0.3, 0.4) is 0 Å². The van der Waals surface area contributed by atoms with E-state index in [0.717, 1.165) is 28.0 Å². The molecule has 0 unspecified atom stereocenters. The van der Waals surface area contributed by atoms with Gasteiger partial charge < -0.3 is 14.5 Å². The average molecular weight is 668 g/mol. The number of piperazine rings is 1. The Morgan fingerprint density at radius 3 is 2.33 bits per heavy atom. The van der Waals surface area contributed by atoms with Gasteiger partial charge in [0.15, 0.2) is 10.8 Å². The van der Waals surface area contributed by atoms with Crippen LogP contribution in [0.2, 0.25) is 0 Å². The number of pyridine rings is 2. The summed E-state index contributed by atoms with van der Waals surface area (Å²) in [4.78, 5) is 44.8. The molecular formula is C34H30FN7O5S. The number of hydrogen-bond donors (Lipinski definition) is 0. The fraction of sp³-hybridized carbons (Fsp3) is 0.176. The molecule has 12 nitrogen and oxygen atoms in total. The van der Waals surface area contributed by atoms with Crippen LogP contribution >= 0.6 is 0 Å². The molecule has 48 heavy (non-hydrogen) atoms. The molecule has 4 heterocycles. The van der Waals surface area contributed by atoms with Crippen LogP contribution in [0.1, 0.15) is 6.92 Å². The van der Waals surface area contributed by atoms with E-state index in [1.165, 1.54) is 32.5 Å². The van der Waals surface area contributed by atoms with Gasteiger partial charge in [0.2, 0.25) is 11.8 Å². The molecule has 0 saturated carbocycles. The van der Waals surface area contributed by atoms with Gasteiger partial charge in [0.1, 0.15) is 23.6 Å². The van der Waals surface area contributed by atoms with Crippen molar-refractivity contribution in [3.8, 4) is 17.0 Å². The van der Waals surface area contributed by atoms with Crippen LogP contribution in [-0.4, -0.2) is 78.2 Å². The zero-order valence-electron chi connectivity index (χ0n) is 26.0. The van der Waals surface area contributed by atoms with E-state index in [1.807, 2.05) is 18.2 Å². The number of aromatic nitrogens is 4. The second-order valence-corrected chi connectivity index (χ2v) is 12.6. The first-order chi connectivity index (χ1) is 23.2. The van der Waals surface area contributed by atoms with Crippen molar-refractivity contribution in [3.05, 3.63) is 103 Å². The van der Waals surface area contributed by atoms with Crippen molar-refractivity contribution >= 4 is 49.8 Å². The van der Waals surface area contributed by atoms with Crippen molar-refractivity contribution in [2.24, 2.45) is 0 Å². The minimum absolute atomic E-state index is 0.0451. The van der Waals surface area contributed by atoms with Gasteiger partial charge in [-0.3, -0.25) is 9.59 Å². The molecule has 1 amide bonds. The van der Waals surface area contributed by atoms with Gasteiger partial charge in [-0.05, 0) is 61.0 Å². The summed E-state index contributed by atoms with van der Waals surface area (Å²) in [5.74, 6) is -0.347. The number of ketones is 1. The molecule has 14 heteroatoms. The Balaban J connectivity index is 1.39. The number of ether oxygens (including phenoxy) is 1. The number of para-hydroxylation sites is 1. The Morgan fingerprint density at radius 1 is 0.875 bits per heavy atom. The van der Waals surface area contributed by atoms with Crippen LogP contribution < -0.4 is 13.9 Å². The average Bonchev–Trinajstić information content (AvgIpc) is 3.11. The predicted octanol–water partition coefficient (Wildman–Crippen LogP) is 4.56. The Kier molecular flexibility index (Phi) is 9.08. The summed E-state index contributed by atoms with van der Waals surface area (Å²) in [6.45, 7) is 3.33. The first-order valence-corrected chi connectivity index (χ1v) is 16.3. The molecule has 3 aromatic heterocycles. The summed E-state index contributed by atoms with van der Waals surface area (Å²) in [5, 5.41) is 0.399. The highest BCUT2D eigenvalue weighted by Gasteiger charge is 2.31. The SMILES string of the molecule is COc1ncc(-c2ccc3ncnc(N4CCN(C(=O)/C=C/C(C)=O)CC4)c3c2)cc1N(c1ccccc1)S(=O)(=O)c1ccc(F)cn1. The van der Waals surface area contributed by atoms with E-state index in [-0.39, 0.29) is 28.3 Å². The number of allylic oxidation sites excluding steroid dienone is 1. The van der Waals surface area contributed by atoms with E-state index in [9.17, 15) is 22.4 Å². The number of rotatable bonds is 9. The first-order valence-electron chi connectivity index (χ1n) is 14.9. The molecule has 244 valence electrons. The third kappa shape index (κ3) is 6.55. The normalized spacial score (nSPS) is 13.6. The number of nitrogens with zero attached hydrogens (tertiary/aromatic N) is 7. The molecule has 0 bridgehead atoms. The fourth-order valence-corrected chi connectivity index (χ4v) is 6.79. The highest BCUT2D eigenvalue weighted by molar-refractivity contribution is 7.93. The maximum Gasteiger partial charge on any atom is 0.286 e. The summed E-state index contributed by atoms with van der Waals surface area (Å²) in [7, 11) is -2.98. The Bertz CT molecular complexity index is 2120. The smallest absolute Gasteiger partial charge is 0.286 e. The van der Waals surface area contributed by atoms with Gasteiger partial charge >= 0.3 is 0 Å². The topological polar surface area (TPSA) is 139 Å². The Hall–Kier alpha value is -5.76.